The first-order chi connectivity index (χ1) is 16.6. The third-order valence-corrected chi connectivity index (χ3v) is 6.90. The molecule has 14 heteroatoms. The summed E-state index contributed by atoms with van der Waals surface area (Å²) in [4.78, 5) is 41.4. The summed E-state index contributed by atoms with van der Waals surface area (Å²) in [5.74, 6) is -1.42. The molecule has 1 atom stereocenters. The molecule has 0 unspecified atom stereocenters. The molecule has 4 aromatic rings. The molecule has 2 N–H and O–H groups in total. The third kappa shape index (κ3) is 5.81. The number of alkyl halides is 3. The summed E-state index contributed by atoms with van der Waals surface area (Å²) in [7, 11) is 0. The van der Waals surface area contributed by atoms with Gasteiger partial charge in [0, 0.05) is 29.5 Å². The Morgan fingerprint density at radius 2 is 1.86 bits per heavy atom. The predicted molar refractivity (Wildman–Crippen MR) is 126 cm³/mol. The Balaban J connectivity index is 1.41. The predicted octanol–water partition coefficient (Wildman–Crippen LogP) is 5.47. The molecule has 0 saturated heterocycles. The number of aromatic nitrogens is 4. The number of nitrogens with one attached hydrogen (secondary N) is 2. The third-order valence-electron chi connectivity index (χ3n) is 4.53. The van der Waals surface area contributed by atoms with Crippen LogP contribution in [0.25, 0.3) is 10.6 Å². The molecule has 4 aromatic heterocycles. The number of halogens is 4. The number of rotatable bonds is 6. The number of hydrogen-bond acceptors (Lipinski definition) is 8. The molecular formula is C21H14ClF3N6O2S2. The van der Waals surface area contributed by atoms with E-state index in [2.05, 4.69) is 30.6 Å². The molecule has 4 heterocycles. The van der Waals surface area contributed by atoms with Crippen LogP contribution in [0.3, 0.4) is 0 Å². The van der Waals surface area contributed by atoms with Crippen LogP contribution < -0.4 is 10.6 Å². The Hall–Kier alpha value is -3.42. The van der Waals surface area contributed by atoms with Gasteiger partial charge in [-0.2, -0.15) is 13.2 Å². The lowest BCUT2D eigenvalue weighted by atomic mass is 10.2. The summed E-state index contributed by atoms with van der Waals surface area (Å²) < 4.78 is 39.1. The van der Waals surface area contributed by atoms with Crippen LogP contribution in [0.15, 0.2) is 48.4 Å². The quantitative estimate of drug-likeness (QED) is 0.337. The molecular weight excluding hydrogens is 525 g/mol. The van der Waals surface area contributed by atoms with E-state index in [1.54, 1.807) is 36.8 Å². The maximum Gasteiger partial charge on any atom is 0.418 e. The van der Waals surface area contributed by atoms with E-state index in [9.17, 15) is 22.8 Å². The van der Waals surface area contributed by atoms with Crippen LogP contribution >= 0.6 is 34.3 Å². The average molecular weight is 539 g/mol. The van der Waals surface area contributed by atoms with Crippen molar-refractivity contribution in [3.05, 3.63) is 74.5 Å². The average Bonchev–Trinajstić information content (AvgIpc) is 3.51. The van der Waals surface area contributed by atoms with E-state index in [0.29, 0.717) is 16.1 Å². The highest BCUT2D eigenvalue weighted by atomic mass is 35.5. The van der Waals surface area contributed by atoms with Crippen LogP contribution in [0.4, 0.5) is 19.0 Å². The van der Waals surface area contributed by atoms with Gasteiger partial charge in [-0.3, -0.25) is 14.6 Å². The summed E-state index contributed by atoms with van der Waals surface area (Å²) in [6.45, 7) is 1.69. The smallest absolute Gasteiger partial charge is 0.342 e. The van der Waals surface area contributed by atoms with E-state index in [4.69, 9.17) is 11.6 Å². The van der Waals surface area contributed by atoms with Crippen molar-refractivity contribution in [1.82, 2.24) is 25.3 Å². The van der Waals surface area contributed by atoms with E-state index in [-0.39, 0.29) is 16.4 Å². The van der Waals surface area contributed by atoms with Gasteiger partial charge in [0.15, 0.2) is 0 Å². The zero-order valence-electron chi connectivity index (χ0n) is 17.6. The van der Waals surface area contributed by atoms with E-state index < -0.39 is 34.6 Å². The first-order valence-electron chi connectivity index (χ1n) is 9.78. The molecule has 180 valence electrons. The minimum Gasteiger partial charge on any atom is -0.342 e. The van der Waals surface area contributed by atoms with Gasteiger partial charge in [0.05, 0.1) is 22.8 Å². The zero-order valence-corrected chi connectivity index (χ0v) is 20.0. The summed E-state index contributed by atoms with van der Waals surface area (Å²) in [6.07, 6.45) is 0.651. The van der Waals surface area contributed by atoms with Crippen molar-refractivity contribution >= 4 is 51.9 Å². The van der Waals surface area contributed by atoms with Crippen LogP contribution in [-0.2, 0) is 6.18 Å². The van der Waals surface area contributed by atoms with Crippen molar-refractivity contribution in [1.29, 1.82) is 0 Å². The lowest BCUT2D eigenvalue weighted by Gasteiger charge is -2.10. The first-order valence-corrected chi connectivity index (χ1v) is 11.9. The standard InChI is InChI=1S/C21H14ClF3N6O2S2/c1-10(29-17(32)14-9-34-20(30-14)11-2-4-26-5-3-11)19-28-8-15(35-19)18(33)31-16-6-12(21(23,24)25)13(22)7-27-16/h2-10H,1H3,(H,29,32)(H,27,31,33)/t10-/m1/s1. The Morgan fingerprint density at radius 3 is 2.57 bits per heavy atom. The lowest BCUT2D eigenvalue weighted by molar-refractivity contribution is -0.137. The number of carbonyl (C=O) groups excluding carboxylic acids is 2. The fraction of sp³-hybridized carbons (Fsp3) is 0.143. The summed E-state index contributed by atoms with van der Waals surface area (Å²) in [5, 5.41) is 7.21. The van der Waals surface area contributed by atoms with Gasteiger partial charge >= 0.3 is 6.18 Å². The van der Waals surface area contributed by atoms with Crippen LogP contribution in [0.2, 0.25) is 5.02 Å². The Bertz CT molecular complexity index is 1380. The highest BCUT2D eigenvalue weighted by Crippen LogP contribution is 2.35. The van der Waals surface area contributed by atoms with Gasteiger partial charge in [0.2, 0.25) is 0 Å². The summed E-state index contributed by atoms with van der Waals surface area (Å²) >= 11 is 7.84. The molecule has 0 radical (unpaired) electrons. The molecule has 2 amide bonds. The fourth-order valence-corrected chi connectivity index (χ4v) is 4.66. The van der Waals surface area contributed by atoms with Crippen molar-refractivity contribution in [3.63, 3.8) is 0 Å². The summed E-state index contributed by atoms with van der Waals surface area (Å²) in [5.41, 5.74) is -0.0393. The minimum absolute atomic E-state index is 0.125. The molecule has 35 heavy (non-hydrogen) atoms. The SMILES string of the molecule is C[C@@H](NC(=O)c1csc(-c2ccncc2)n1)c1ncc(C(=O)Nc2cc(C(F)(F)F)c(Cl)cn2)s1. The van der Waals surface area contributed by atoms with Crippen molar-refractivity contribution in [2.24, 2.45) is 0 Å². The minimum atomic E-state index is -4.69. The normalized spacial score (nSPS) is 12.3. The number of thiazole rings is 2. The number of carbonyl (C=O) groups is 2. The zero-order chi connectivity index (χ0) is 25.2. The molecule has 0 aliphatic heterocycles. The maximum atomic E-state index is 13.0. The van der Waals surface area contributed by atoms with Crippen molar-refractivity contribution in [3.8, 4) is 10.6 Å². The molecule has 0 fully saturated rings. The Labute approximate surface area is 209 Å². The van der Waals surface area contributed by atoms with Crippen LogP contribution in [0.5, 0.6) is 0 Å². The second-order valence-corrected chi connectivity index (χ2v) is 9.36. The monoisotopic (exact) mass is 538 g/mol. The molecule has 0 aromatic carbocycles. The second-order valence-electron chi connectivity index (χ2n) is 7.03. The highest BCUT2D eigenvalue weighted by molar-refractivity contribution is 7.14. The number of hydrogen-bond donors (Lipinski definition) is 2. The van der Waals surface area contributed by atoms with Gasteiger partial charge in [-0.15, -0.1) is 22.7 Å². The fourth-order valence-electron chi connectivity index (χ4n) is 2.83. The lowest BCUT2D eigenvalue weighted by Crippen LogP contribution is -2.26. The number of nitrogens with zero attached hydrogens (tertiary/aromatic N) is 4. The molecule has 8 nitrogen and oxygen atoms in total. The Kier molecular flexibility index (Phi) is 7.10. The van der Waals surface area contributed by atoms with E-state index >= 15 is 0 Å². The van der Waals surface area contributed by atoms with Gasteiger partial charge in [-0.25, -0.2) is 15.0 Å². The molecule has 0 saturated carbocycles. The molecule has 4 rings (SSSR count). The summed E-state index contributed by atoms with van der Waals surface area (Å²) in [6, 6.07) is 3.67. The number of anilines is 1. The first kappa shape index (κ1) is 24.7. The van der Waals surface area contributed by atoms with Crippen molar-refractivity contribution in [2.75, 3.05) is 5.32 Å². The van der Waals surface area contributed by atoms with Gasteiger partial charge in [-0.1, -0.05) is 11.6 Å². The topological polar surface area (TPSA) is 110 Å². The van der Waals surface area contributed by atoms with Crippen LogP contribution in [0, 0.1) is 0 Å². The van der Waals surface area contributed by atoms with E-state index in [1.807, 2.05) is 0 Å². The molecule has 0 aliphatic rings. The van der Waals surface area contributed by atoms with Gasteiger partial charge < -0.3 is 10.6 Å². The van der Waals surface area contributed by atoms with Gasteiger partial charge in [0.1, 0.15) is 26.4 Å². The molecule has 0 spiro atoms. The van der Waals surface area contributed by atoms with Crippen LogP contribution in [0.1, 0.15) is 43.7 Å². The Morgan fingerprint density at radius 1 is 1.11 bits per heavy atom. The highest BCUT2D eigenvalue weighted by Gasteiger charge is 2.34. The van der Waals surface area contributed by atoms with E-state index in [0.717, 1.165) is 23.1 Å². The number of amides is 2. The second kappa shape index (κ2) is 10.1. The van der Waals surface area contributed by atoms with Crippen molar-refractivity contribution in [2.45, 2.75) is 19.1 Å². The maximum absolute atomic E-state index is 13.0. The molecule has 0 bridgehead atoms. The van der Waals surface area contributed by atoms with Gasteiger partial charge in [-0.05, 0) is 25.1 Å². The van der Waals surface area contributed by atoms with Crippen LogP contribution in [-0.4, -0.2) is 31.8 Å². The van der Waals surface area contributed by atoms with E-state index in [1.165, 1.54) is 17.5 Å². The largest absolute Gasteiger partial charge is 0.418 e. The number of pyridine rings is 2. The molecule has 0 aliphatic carbocycles. The van der Waals surface area contributed by atoms with Crippen molar-refractivity contribution < 1.29 is 22.8 Å². The van der Waals surface area contributed by atoms with Gasteiger partial charge in [0.25, 0.3) is 11.8 Å².